The van der Waals surface area contributed by atoms with Crippen LogP contribution in [0.4, 0.5) is 14.5 Å². The van der Waals surface area contributed by atoms with E-state index in [1.807, 2.05) is 0 Å². The lowest BCUT2D eigenvalue weighted by Crippen LogP contribution is -2.37. The Labute approximate surface area is 108 Å². The van der Waals surface area contributed by atoms with Crippen LogP contribution in [0.5, 0.6) is 0 Å². The summed E-state index contributed by atoms with van der Waals surface area (Å²) in [6.45, 7) is 3.11. The quantitative estimate of drug-likeness (QED) is 0.776. The number of anilines is 1. The Morgan fingerprint density at radius 1 is 1.32 bits per heavy atom. The minimum Gasteiger partial charge on any atom is -0.478 e. The standard InChI is InChI=1S/C12H14F2N2O3/c1-12(2,5-15)11(19)16-9-3-6(10(17)18)7(13)4-8(9)14/h3-4H,5,15H2,1-2H3,(H,16,19)(H,17,18). The maximum Gasteiger partial charge on any atom is 0.338 e. The second-order valence-electron chi connectivity index (χ2n) is 4.66. The smallest absolute Gasteiger partial charge is 0.338 e. The molecule has 1 aromatic carbocycles. The number of amides is 1. The van der Waals surface area contributed by atoms with Gasteiger partial charge in [-0.25, -0.2) is 13.6 Å². The molecule has 0 aliphatic heterocycles. The average molecular weight is 272 g/mol. The highest BCUT2D eigenvalue weighted by atomic mass is 19.1. The molecule has 5 nitrogen and oxygen atoms in total. The average Bonchev–Trinajstić information content (AvgIpc) is 2.31. The van der Waals surface area contributed by atoms with Crippen LogP contribution in [0.15, 0.2) is 12.1 Å². The van der Waals surface area contributed by atoms with Gasteiger partial charge in [-0.15, -0.1) is 0 Å². The highest BCUT2D eigenvalue weighted by molar-refractivity contribution is 5.97. The monoisotopic (exact) mass is 272 g/mol. The van der Waals surface area contributed by atoms with Gasteiger partial charge < -0.3 is 16.2 Å². The summed E-state index contributed by atoms with van der Waals surface area (Å²) in [6.07, 6.45) is 0. The minimum absolute atomic E-state index is 0.0213. The third kappa shape index (κ3) is 3.25. The maximum absolute atomic E-state index is 13.5. The third-order valence-electron chi connectivity index (χ3n) is 2.66. The molecule has 0 unspecified atom stereocenters. The van der Waals surface area contributed by atoms with Crippen LogP contribution >= 0.6 is 0 Å². The first-order valence-corrected chi connectivity index (χ1v) is 5.43. The number of hydrogen-bond acceptors (Lipinski definition) is 3. The van der Waals surface area contributed by atoms with Crippen LogP contribution in [0.25, 0.3) is 0 Å². The van der Waals surface area contributed by atoms with Gasteiger partial charge in [-0.1, -0.05) is 0 Å². The molecule has 1 amide bonds. The Kier molecular flexibility index (Phi) is 4.21. The number of nitrogens with one attached hydrogen (secondary N) is 1. The molecule has 0 aromatic heterocycles. The normalized spacial score (nSPS) is 11.2. The Bertz CT molecular complexity index is 530. The van der Waals surface area contributed by atoms with Crippen molar-refractivity contribution in [2.75, 3.05) is 11.9 Å². The SMILES string of the molecule is CC(C)(CN)C(=O)Nc1cc(C(=O)O)c(F)cc1F. The van der Waals surface area contributed by atoms with Crippen LogP contribution in [0.1, 0.15) is 24.2 Å². The molecule has 19 heavy (non-hydrogen) atoms. The number of aromatic carboxylic acids is 1. The molecule has 0 saturated carbocycles. The van der Waals surface area contributed by atoms with Gasteiger partial charge in [0.15, 0.2) is 0 Å². The maximum atomic E-state index is 13.5. The van der Waals surface area contributed by atoms with E-state index in [-0.39, 0.29) is 6.54 Å². The van der Waals surface area contributed by atoms with Crippen molar-refractivity contribution in [2.45, 2.75) is 13.8 Å². The van der Waals surface area contributed by atoms with E-state index >= 15 is 0 Å². The van der Waals surface area contributed by atoms with Gasteiger partial charge >= 0.3 is 5.97 Å². The van der Waals surface area contributed by atoms with Crippen molar-refractivity contribution in [1.29, 1.82) is 0 Å². The highest BCUT2D eigenvalue weighted by Gasteiger charge is 2.27. The van der Waals surface area contributed by atoms with Crippen LogP contribution in [0, 0.1) is 17.0 Å². The van der Waals surface area contributed by atoms with Gasteiger partial charge in [0.25, 0.3) is 0 Å². The van der Waals surface area contributed by atoms with Gasteiger partial charge in [0.1, 0.15) is 11.6 Å². The van der Waals surface area contributed by atoms with Gasteiger partial charge in [0.05, 0.1) is 16.7 Å². The van der Waals surface area contributed by atoms with Crippen LogP contribution in [-0.2, 0) is 4.79 Å². The number of carboxylic acids is 1. The number of carbonyl (C=O) groups excluding carboxylic acids is 1. The van der Waals surface area contributed by atoms with E-state index in [2.05, 4.69) is 5.32 Å². The minimum atomic E-state index is -1.55. The number of nitrogens with two attached hydrogens (primary N) is 1. The lowest BCUT2D eigenvalue weighted by atomic mass is 9.92. The van der Waals surface area contributed by atoms with E-state index in [1.54, 1.807) is 13.8 Å². The zero-order valence-electron chi connectivity index (χ0n) is 10.5. The van der Waals surface area contributed by atoms with Crippen molar-refractivity contribution >= 4 is 17.6 Å². The van der Waals surface area contributed by atoms with Crippen molar-refractivity contribution in [2.24, 2.45) is 11.1 Å². The summed E-state index contributed by atoms with van der Waals surface area (Å²) in [7, 11) is 0. The number of carbonyl (C=O) groups is 2. The van der Waals surface area contributed by atoms with Crippen LogP contribution in [-0.4, -0.2) is 23.5 Å². The number of benzene rings is 1. The largest absolute Gasteiger partial charge is 0.478 e. The number of hydrogen-bond donors (Lipinski definition) is 3. The van der Waals surface area contributed by atoms with Gasteiger partial charge in [-0.3, -0.25) is 4.79 Å². The molecule has 0 bridgehead atoms. The fourth-order valence-electron chi connectivity index (χ4n) is 1.19. The zero-order chi connectivity index (χ0) is 14.8. The number of rotatable bonds is 4. The third-order valence-corrected chi connectivity index (χ3v) is 2.66. The van der Waals surface area contributed by atoms with Gasteiger partial charge in [0.2, 0.25) is 5.91 Å². The summed E-state index contributed by atoms with van der Waals surface area (Å²) in [6, 6.07) is 1.14. The Balaban J connectivity index is 3.12. The first-order chi connectivity index (χ1) is 8.69. The van der Waals surface area contributed by atoms with E-state index in [0.717, 1.165) is 6.07 Å². The molecule has 0 spiro atoms. The van der Waals surface area contributed by atoms with Gasteiger partial charge in [-0.05, 0) is 19.9 Å². The molecular weight excluding hydrogens is 258 g/mol. The molecule has 4 N–H and O–H groups in total. The molecule has 0 atom stereocenters. The predicted octanol–water partition coefficient (Wildman–Crippen LogP) is 1.59. The Hall–Kier alpha value is -2.02. The zero-order valence-corrected chi connectivity index (χ0v) is 10.5. The first kappa shape index (κ1) is 15.0. The van der Waals surface area contributed by atoms with Gasteiger partial charge in [-0.2, -0.15) is 0 Å². The summed E-state index contributed by atoms with van der Waals surface area (Å²) >= 11 is 0. The topological polar surface area (TPSA) is 92.4 Å². The summed E-state index contributed by atoms with van der Waals surface area (Å²) in [5.41, 5.74) is 3.32. The molecule has 0 aliphatic rings. The Morgan fingerprint density at radius 2 is 1.89 bits per heavy atom. The fourth-order valence-corrected chi connectivity index (χ4v) is 1.19. The summed E-state index contributed by atoms with van der Waals surface area (Å²) in [4.78, 5) is 22.5. The highest BCUT2D eigenvalue weighted by Crippen LogP contribution is 2.22. The molecular formula is C12H14F2N2O3. The fraction of sp³-hybridized carbons (Fsp3) is 0.333. The van der Waals surface area contributed by atoms with Crippen molar-refractivity contribution in [3.63, 3.8) is 0 Å². The van der Waals surface area contributed by atoms with E-state index in [0.29, 0.717) is 6.07 Å². The lowest BCUT2D eigenvalue weighted by molar-refractivity contribution is -0.123. The molecule has 0 heterocycles. The molecule has 7 heteroatoms. The molecule has 1 aromatic rings. The Morgan fingerprint density at radius 3 is 2.37 bits per heavy atom. The summed E-state index contributed by atoms with van der Waals surface area (Å²) in [5, 5.41) is 10.9. The molecule has 0 aliphatic carbocycles. The number of halogens is 2. The van der Waals surface area contributed by atoms with Gasteiger partial charge in [0, 0.05) is 12.6 Å². The van der Waals surface area contributed by atoms with Crippen molar-refractivity contribution in [3.8, 4) is 0 Å². The second-order valence-corrected chi connectivity index (χ2v) is 4.66. The predicted molar refractivity (Wildman–Crippen MR) is 64.8 cm³/mol. The molecule has 104 valence electrons. The van der Waals surface area contributed by atoms with E-state index < -0.39 is 40.2 Å². The van der Waals surface area contributed by atoms with Crippen LogP contribution < -0.4 is 11.1 Å². The molecule has 0 fully saturated rings. The number of carboxylic acid groups (broad SMARTS) is 1. The van der Waals surface area contributed by atoms with Crippen molar-refractivity contribution < 1.29 is 23.5 Å². The van der Waals surface area contributed by atoms with Crippen molar-refractivity contribution in [3.05, 3.63) is 29.3 Å². The van der Waals surface area contributed by atoms with E-state index in [9.17, 15) is 18.4 Å². The van der Waals surface area contributed by atoms with Crippen LogP contribution in [0.3, 0.4) is 0 Å². The molecule has 0 radical (unpaired) electrons. The van der Waals surface area contributed by atoms with E-state index in [1.165, 1.54) is 0 Å². The molecule has 0 saturated heterocycles. The molecule has 1 rings (SSSR count). The first-order valence-electron chi connectivity index (χ1n) is 5.43. The van der Waals surface area contributed by atoms with Crippen LogP contribution in [0.2, 0.25) is 0 Å². The van der Waals surface area contributed by atoms with Crippen molar-refractivity contribution in [1.82, 2.24) is 0 Å². The van der Waals surface area contributed by atoms with E-state index in [4.69, 9.17) is 10.8 Å². The second kappa shape index (κ2) is 5.31. The summed E-state index contributed by atoms with van der Waals surface area (Å²) in [5.74, 6) is -4.40. The summed E-state index contributed by atoms with van der Waals surface area (Å²) < 4.78 is 26.6. The lowest BCUT2D eigenvalue weighted by Gasteiger charge is -2.21.